The Morgan fingerprint density at radius 2 is 1.55 bits per heavy atom. The first kappa shape index (κ1) is 27.3. The quantitative estimate of drug-likeness (QED) is 0.287. The minimum atomic E-state index is -4.34. The summed E-state index contributed by atoms with van der Waals surface area (Å²) in [6.45, 7) is 2.80. The number of nitrogens with two attached hydrogens (primary N) is 1. The highest BCUT2D eigenvalue weighted by molar-refractivity contribution is 7.90. The van der Waals surface area contributed by atoms with Crippen LogP contribution in [0.25, 0.3) is 33.5 Å². The van der Waals surface area contributed by atoms with Crippen LogP contribution in [-0.4, -0.2) is 61.9 Å². The molecule has 0 aliphatic heterocycles. The normalized spacial score (nSPS) is 12.8. The van der Waals surface area contributed by atoms with Gasteiger partial charge < -0.3 is 19.1 Å². The Morgan fingerprint density at radius 3 is 2.11 bits per heavy atom. The Balaban J connectivity index is 2.20. The number of aromatic nitrogens is 4. The Kier molecular flexibility index (Phi) is 6.65. The number of anilines is 1. The molecule has 4 rings (SSSR count). The van der Waals surface area contributed by atoms with Gasteiger partial charge in [-0.25, -0.2) is 26.7 Å². The first-order valence-electron chi connectivity index (χ1n) is 10.7. The first-order chi connectivity index (χ1) is 17.5. The fourth-order valence-electron chi connectivity index (χ4n) is 3.62. The summed E-state index contributed by atoms with van der Waals surface area (Å²) in [5, 5.41) is -0.973. The zero-order chi connectivity index (χ0) is 28.2. The lowest BCUT2D eigenvalue weighted by Gasteiger charge is -2.16. The van der Waals surface area contributed by atoms with Crippen molar-refractivity contribution in [1.82, 2.24) is 18.9 Å². The topological polar surface area (TPSA) is 193 Å². The maximum Gasteiger partial charge on any atom is 0.306 e. The summed E-state index contributed by atoms with van der Waals surface area (Å²) in [6.07, 6.45) is 2.66. The number of rotatable bonds is 8. The van der Waals surface area contributed by atoms with E-state index in [1.54, 1.807) is 0 Å². The van der Waals surface area contributed by atoms with Gasteiger partial charge in [0, 0.05) is 5.56 Å². The molecule has 0 aliphatic rings. The molecule has 38 heavy (non-hydrogen) atoms. The number of hydrogen-bond acceptors (Lipinski definition) is 11. The van der Waals surface area contributed by atoms with Gasteiger partial charge in [-0.1, -0.05) is 0 Å². The molecule has 0 saturated heterocycles. The van der Waals surface area contributed by atoms with Gasteiger partial charge in [0.25, 0.3) is 0 Å². The van der Waals surface area contributed by atoms with Gasteiger partial charge in [-0.3, -0.25) is 0 Å². The summed E-state index contributed by atoms with van der Waals surface area (Å²) in [6, 6.07) is 6.37. The standard InChI is InChI=1S/C21H22FN5O8S3/c1-11(2)38(32,33)27-15-9-14(17-16(24-10-25-17)12-5-7-13(22)8-6-12)19(34-36(3,28)29)20(35-37(4,30)31)18(15)26-21(27)23/h5-11H,1-4H3,(H2,23,26)(H,24,25). The molecule has 4 aromatic rings. The Labute approximate surface area is 217 Å². The third-order valence-corrected chi connectivity index (χ3v) is 8.21. The maximum atomic E-state index is 13.5. The minimum absolute atomic E-state index is 0.0729. The van der Waals surface area contributed by atoms with Crippen LogP contribution >= 0.6 is 0 Å². The van der Waals surface area contributed by atoms with Crippen molar-refractivity contribution in [2.24, 2.45) is 0 Å². The fourth-order valence-corrected chi connectivity index (χ4v) is 5.68. The smallest absolute Gasteiger partial charge is 0.306 e. The number of nitrogens with zero attached hydrogens (tertiary/aromatic N) is 3. The second-order valence-electron chi connectivity index (χ2n) is 8.49. The van der Waals surface area contributed by atoms with Crippen molar-refractivity contribution in [3.05, 3.63) is 42.5 Å². The van der Waals surface area contributed by atoms with E-state index < -0.39 is 58.8 Å². The van der Waals surface area contributed by atoms with Crippen LogP contribution in [0.2, 0.25) is 0 Å². The molecule has 0 unspecified atom stereocenters. The number of nitrogen functional groups attached to an aromatic ring is 1. The van der Waals surface area contributed by atoms with Gasteiger partial charge in [-0.15, -0.1) is 0 Å². The van der Waals surface area contributed by atoms with Crippen LogP contribution in [0.15, 0.2) is 36.7 Å². The molecule has 2 heterocycles. The van der Waals surface area contributed by atoms with Crippen molar-refractivity contribution in [2.45, 2.75) is 19.1 Å². The Morgan fingerprint density at radius 1 is 0.974 bits per heavy atom. The van der Waals surface area contributed by atoms with Crippen LogP contribution < -0.4 is 14.1 Å². The van der Waals surface area contributed by atoms with Crippen molar-refractivity contribution >= 4 is 47.2 Å². The van der Waals surface area contributed by atoms with E-state index in [1.807, 2.05) is 0 Å². The average Bonchev–Trinajstić information content (AvgIpc) is 3.38. The fraction of sp³-hybridized carbons (Fsp3) is 0.238. The van der Waals surface area contributed by atoms with Crippen LogP contribution in [0.5, 0.6) is 11.5 Å². The molecule has 3 N–H and O–H groups in total. The van der Waals surface area contributed by atoms with Crippen LogP contribution in [0.3, 0.4) is 0 Å². The van der Waals surface area contributed by atoms with Crippen molar-refractivity contribution in [1.29, 1.82) is 0 Å². The maximum absolute atomic E-state index is 13.5. The van der Waals surface area contributed by atoms with Crippen molar-refractivity contribution in [2.75, 3.05) is 18.2 Å². The molecule has 0 bridgehead atoms. The first-order valence-corrected chi connectivity index (χ1v) is 15.8. The van der Waals surface area contributed by atoms with Crippen molar-refractivity contribution in [3.63, 3.8) is 0 Å². The molecule has 0 radical (unpaired) electrons. The van der Waals surface area contributed by atoms with E-state index in [0.717, 1.165) is 6.26 Å². The van der Waals surface area contributed by atoms with Gasteiger partial charge in [-0.05, 0) is 44.2 Å². The SMILES string of the molecule is CC(C)S(=O)(=O)n1c(N)nc2c(OS(C)(=O)=O)c(OS(C)(=O)=O)c(-c3[nH]cnc3-c3ccc(F)cc3)cc21. The van der Waals surface area contributed by atoms with E-state index in [1.165, 1.54) is 50.5 Å². The predicted molar refractivity (Wildman–Crippen MR) is 138 cm³/mol. The molecule has 0 fully saturated rings. The summed E-state index contributed by atoms with van der Waals surface area (Å²) >= 11 is 0. The van der Waals surface area contributed by atoms with Crippen LogP contribution in [0, 0.1) is 5.82 Å². The molecular formula is C21H22FN5O8S3. The van der Waals surface area contributed by atoms with Crippen molar-refractivity contribution in [3.8, 4) is 34.0 Å². The van der Waals surface area contributed by atoms with Crippen molar-refractivity contribution < 1.29 is 38.0 Å². The predicted octanol–water partition coefficient (Wildman–Crippen LogP) is 2.08. The Bertz CT molecular complexity index is 1880. The van der Waals surface area contributed by atoms with E-state index in [-0.39, 0.29) is 28.0 Å². The monoisotopic (exact) mass is 587 g/mol. The zero-order valence-corrected chi connectivity index (χ0v) is 22.8. The number of fused-ring (bicyclic) bond motifs is 1. The average molecular weight is 588 g/mol. The highest BCUT2D eigenvalue weighted by atomic mass is 32.2. The zero-order valence-electron chi connectivity index (χ0n) is 20.3. The highest BCUT2D eigenvalue weighted by Gasteiger charge is 2.32. The number of benzene rings is 2. The van der Waals surface area contributed by atoms with E-state index in [2.05, 4.69) is 15.0 Å². The number of halogens is 1. The molecule has 0 saturated carbocycles. The molecule has 0 spiro atoms. The number of H-pyrrole nitrogens is 1. The number of nitrogens with one attached hydrogen (secondary N) is 1. The lowest BCUT2D eigenvalue weighted by atomic mass is 10.0. The van der Waals surface area contributed by atoms with Crippen LogP contribution in [0.1, 0.15) is 13.8 Å². The lowest BCUT2D eigenvalue weighted by Crippen LogP contribution is -2.23. The summed E-state index contributed by atoms with van der Waals surface area (Å²) in [5.41, 5.74) is 5.83. The second kappa shape index (κ2) is 9.25. The lowest BCUT2D eigenvalue weighted by molar-refractivity contribution is 0.458. The summed E-state index contributed by atoms with van der Waals surface area (Å²) < 4.78 is 99.7. The van der Waals surface area contributed by atoms with Gasteiger partial charge in [0.2, 0.25) is 21.7 Å². The highest BCUT2D eigenvalue weighted by Crippen LogP contribution is 2.47. The number of aromatic amines is 1. The molecule has 0 amide bonds. The van der Waals surface area contributed by atoms with Gasteiger partial charge in [-0.2, -0.15) is 16.8 Å². The molecule has 2 aromatic carbocycles. The number of hydrogen-bond donors (Lipinski definition) is 2. The third-order valence-electron chi connectivity index (χ3n) is 5.19. The van der Waals surface area contributed by atoms with Gasteiger partial charge in [0.05, 0.1) is 46.6 Å². The summed E-state index contributed by atoms with van der Waals surface area (Å²) in [5.74, 6) is -2.38. The Hall–Kier alpha value is -3.70. The molecule has 0 aliphatic carbocycles. The largest absolute Gasteiger partial charge is 0.378 e. The molecule has 17 heteroatoms. The molecule has 13 nitrogen and oxygen atoms in total. The van der Waals surface area contributed by atoms with E-state index >= 15 is 0 Å². The molecule has 204 valence electrons. The molecule has 0 atom stereocenters. The molecular weight excluding hydrogens is 565 g/mol. The van der Waals surface area contributed by atoms with E-state index in [4.69, 9.17) is 14.1 Å². The summed E-state index contributed by atoms with van der Waals surface area (Å²) in [4.78, 5) is 11.0. The van der Waals surface area contributed by atoms with Gasteiger partial charge >= 0.3 is 20.2 Å². The number of imidazole rings is 2. The van der Waals surface area contributed by atoms with Gasteiger partial charge in [0.1, 0.15) is 11.3 Å². The third kappa shape index (κ3) is 5.16. The van der Waals surface area contributed by atoms with Crippen LogP contribution in [0.4, 0.5) is 10.3 Å². The van der Waals surface area contributed by atoms with E-state index in [0.29, 0.717) is 15.8 Å². The second-order valence-corrected chi connectivity index (χ2v) is 14.0. The molecule has 2 aromatic heterocycles. The van der Waals surface area contributed by atoms with Gasteiger partial charge in [0.15, 0.2) is 5.75 Å². The summed E-state index contributed by atoms with van der Waals surface area (Å²) in [7, 11) is -12.8. The van der Waals surface area contributed by atoms with Crippen LogP contribution in [-0.2, 0) is 30.3 Å². The van der Waals surface area contributed by atoms with E-state index in [9.17, 15) is 29.6 Å². The minimum Gasteiger partial charge on any atom is -0.378 e.